The molecule has 14 N–H and O–H groups in total. The summed E-state index contributed by atoms with van der Waals surface area (Å²) in [6, 6.07) is -2.70. The first kappa shape index (κ1) is 66.5. The number of carbonyl (C=O) groups is 2. The fourth-order valence-corrected chi connectivity index (χ4v) is 9.87. The molecule has 0 aromatic heterocycles. The Morgan fingerprint density at radius 2 is 0.959 bits per heavy atom. The van der Waals surface area contributed by atoms with E-state index in [4.69, 9.17) is 34.2 Å². The zero-order valence-corrected chi connectivity index (χ0v) is 44.6. The lowest BCUT2D eigenvalue weighted by atomic mass is 9.95. The van der Waals surface area contributed by atoms with Gasteiger partial charge in [0.25, 0.3) is 0 Å². The normalized spacial score (nSPS) is 31.8. The molecule has 3 aliphatic heterocycles. The Bertz CT molecular complexity index is 1460. The van der Waals surface area contributed by atoms with E-state index in [-0.39, 0.29) is 12.8 Å². The molecule has 3 aliphatic rings. The predicted octanol–water partition coefficient (Wildman–Crippen LogP) is 2.68. The van der Waals surface area contributed by atoms with Crippen molar-refractivity contribution in [1.29, 1.82) is 0 Å². The summed E-state index contributed by atoms with van der Waals surface area (Å²) in [7, 11) is 0. The second kappa shape index (κ2) is 38.0. The Morgan fingerprint density at radius 3 is 1.45 bits per heavy atom. The van der Waals surface area contributed by atoms with E-state index in [1.54, 1.807) is 0 Å². The topological polar surface area (TPSA) is 350 Å². The van der Waals surface area contributed by atoms with E-state index < -0.39 is 142 Å². The van der Waals surface area contributed by atoms with Gasteiger partial charge in [-0.2, -0.15) is 0 Å². The lowest BCUT2D eigenvalue weighted by Crippen LogP contribution is -2.67. The molecule has 18 atom stereocenters. The van der Waals surface area contributed by atoms with Gasteiger partial charge in [0.05, 0.1) is 38.0 Å². The molecule has 1 amide bonds. The van der Waals surface area contributed by atoms with Gasteiger partial charge in [0.15, 0.2) is 25.0 Å². The van der Waals surface area contributed by atoms with Gasteiger partial charge in [-0.25, -0.2) is 4.79 Å². The highest BCUT2D eigenvalue weighted by atomic mass is 16.7. The molecule has 0 aliphatic carbocycles. The summed E-state index contributed by atoms with van der Waals surface area (Å²) in [6.07, 6.45) is 2.61. The van der Waals surface area contributed by atoms with Crippen LogP contribution in [0.25, 0.3) is 0 Å². The summed E-state index contributed by atoms with van der Waals surface area (Å²) in [4.78, 5) is 26.0. The van der Waals surface area contributed by atoms with Crippen LogP contribution in [0.5, 0.6) is 0 Å². The number of carbonyl (C=O) groups excluding carboxylic acids is 1. The maximum absolute atomic E-state index is 13.4. The highest BCUT2D eigenvalue weighted by Crippen LogP contribution is 2.31. The zero-order valence-electron chi connectivity index (χ0n) is 44.6. The SMILES string of the molecule is CCCCCCCCCCCCCCCC(O)C(CO[C@H]1O[C@H](C(=O)O)[C@@H](O[C@H]2O[C@H](CO[C@H]3O[C@H](CO)[C@H](O)[C@H](O)[C@H]3O)[C@@H](O)[C@H](O)[C@H]2N)[C@H](O)[C@H]1O)NC(=O)[C@@H](O)CCCCCCCCCCCCCCC. The monoisotopic (exact) mass is 1070 g/mol. The van der Waals surface area contributed by atoms with Crippen LogP contribution in [0.1, 0.15) is 194 Å². The van der Waals surface area contributed by atoms with Crippen molar-refractivity contribution in [2.45, 2.75) is 304 Å². The van der Waals surface area contributed by atoms with Crippen molar-refractivity contribution in [2.75, 3.05) is 19.8 Å². The second-order valence-electron chi connectivity index (χ2n) is 21.1. The van der Waals surface area contributed by atoms with Crippen molar-refractivity contribution >= 4 is 11.9 Å². The van der Waals surface area contributed by atoms with Crippen molar-refractivity contribution in [2.24, 2.45) is 5.73 Å². The van der Waals surface area contributed by atoms with E-state index in [0.717, 1.165) is 51.4 Å². The molecule has 2 unspecified atom stereocenters. The third-order valence-electron chi connectivity index (χ3n) is 14.8. The molecule has 0 radical (unpaired) electrons. The number of amides is 1. The molecule has 3 saturated heterocycles. The van der Waals surface area contributed by atoms with Crippen LogP contribution in [-0.2, 0) is 38.0 Å². The smallest absolute Gasteiger partial charge is 0.335 e. The molecule has 3 heterocycles. The number of rotatable bonds is 41. The number of nitrogens with one attached hydrogen (secondary N) is 1. The van der Waals surface area contributed by atoms with Gasteiger partial charge in [-0.15, -0.1) is 0 Å². The number of aliphatic hydroxyl groups excluding tert-OH is 10. The highest BCUT2D eigenvalue weighted by molar-refractivity contribution is 5.80. The third kappa shape index (κ3) is 23.3. The van der Waals surface area contributed by atoms with Crippen molar-refractivity contribution in [1.82, 2.24) is 5.32 Å². The summed E-state index contributed by atoms with van der Waals surface area (Å²) in [6.45, 7) is 2.51. The number of carboxylic acids is 1. The molecule has 21 nitrogen and oxygen atoms in total. The average Bonchev–Trinajstić information content (AvgIpc) is 3.38. The van der Waals surface area contributed by atoms with Crippen LogP contribution in [0.2, 0.25) is 0 Å². The number of unbranched alkanes of at least 4 members (excludes halogenated alkanes) is 24. The quantitative estimate of drug-likeness (QED) is 0.0391. The lowest BCUT2D eigenvalue weighted by molar-refractivity contribution is -0.347. The molecule has 0 spiro atoms. The summed E-state index contributed by atoms with van der Waals surface area (Å²) >= 11 is 0. The molecule has 3 fully saturated rings. The second-order valence-corrected chi connectivity index (χ2v) is 21.1. The Balaban J connectivity index is 1.58. The summed E-state index contributed by atoms with van der Waals surface area (Å²) < 4.78 is 33.7. The van der Waals surface area contributed by atoms with Gasteiger partial charge in [0, 0.05) is 0 Å². The Morgan fingerprint density at radius 1 is 0.527 bits per heavy atom. The van der Waals surface area contributed by atoms with Gasteiger partial charge in [-0.1, -0.05) is 181 Å². The summed E-state index contributed by atoms with van der Waals surface area (Å²) in [5.74, 6) is -2.40. The summed E-state index contributed by atoms with van der Waals surface area (Å²) in [5, 5.41) is 119. The predicted molar refractivity (Wildman–Crippen MR) is 272 cm³/mol. The van der Waals surface area contributed by atoms with Gasteiger partial charge in [0.1, 0.15) is 67.1 Å². The zero-order chi connectivity index (χ0) is 54.4. The number of nitrogens with two attached hydrogens (primary N) is 1. The minimum Gasteiger partial charge on any atom is -0.479 e. The van der Waals surface area contributed by atoms with Crippen molar-refractivity contribution in [3.05, 3.63) is 0 Å². The van der Waals surface area contributed by atoms with E-state index in [2.05, 4.69) is 19.2 Å². The van der Waals surface area contributed by atoms with Crippen LogP contribution < -0.4 is 11.1 Å². The van der Waals surface area contributed by atoms with E-state index in [9.17, 15) is 65.8 Å². The molecule has 0 aromatic rings. The van der Waals surface area contributed by atoms with Crippen molar-refractivity contribution in [3.63, 3.8) is 0 Å². The van der Waals surface area contributed by atoms with Crippen molar-refractivity contribution in [3.8, 4) is 0 Å². The molecule has 436 valence electrons. The molecule has 0 bridgehead atoms. The minimum atomic E-state index is -2.07. The standard InChI is InChI=1S/C53H100N2O19/c1-3-5-7-9-11-13-15-17-19-21-23-25-27-29-35(57)34(55-49(66)36(58)30-28-26-24-22-20-18-16-14-12-10-8-6-4-2)32-69-53-46(65)44(63)47(48(74-53)50(67)68)73-51-39(54)42(61)41(60)38(72-51)33-70-52-45(64)43(62)40(59)37(31-56)71-52/h34-48,51-53,56-65H,3-33,54H2,1-2H3,(H,55,66)(H,67,68)/t34?,35?,36-,37+,38+,39+,40-,41+,42+,43-,44+,45+,46+,47-,48-,51+,52-,53-/m0/s1. The number of aliphatic hydroxyl groups is 10. The van der Waals surface area contributed by atoms with E-state index >= 15 is 0 Å². The maximum atomic E-state index is 13.4. The summed E-state index contributed by atoms with van der Waals surface area (Å²) in [5.41, 5.74) is 6.11. The Labute approximate surface area is 439 Å². The molecule has 3 rings (SSSR count). The number of ether oxygens (including phenoxy) is 6. The molecule has 0 saturated carbocycles. The van der Waals surface area contributed by atoms with Crippen LogP contribution in [0.4, 0.5) is 0 Å². The van der Waals surface area contributed by atoms with Gasteiger partial charge in [0.2, 0.25) is 5.91 Å². The van der Waals surface area contributed by atoms with Crippen LogP contribution >= 0.6 is 0 Å². The fourth-order valence-electron chi connectivity index (χ4n) is 9.87. The van der Waals surface area contributed by atoms with Crippen molar-refractivity contribution < 1.29 is 94.2 Å². The van der Waals surface area contributed by atoms with E-state index in [1.165, 1.54) is 103 Å². The molecule has 21 heteroatoms. The maximum Gasteiger partial charge on any atom is 0.335 e. The first-order valence-corrected chi connectivity index (χ1v) is 28.4. The van der Waals surface area contributed by atoms with Crippen LogP contribution in [0, 0.1) is 0 Å². The first-order chi connectivity index (χ1) is 35.6. The van der Waals surface area contributed by atoms with Crippen LogP contribution in [0.3, 0.4) is 0 Å². The molecular formula is C53H100N2O19. The number of hydrogen-bond donors (Lipinski definition) is 13. The molecular weight excluding hydrogens is 969 g/mol. The number of hydrogen-bond acceptors (Lipinski definition) is 19. The molecule has 74 heavy (non-hydrogen) atoms. The number of aliphatic carboxylic acids is 1. The Hall–Kier alpha value is -1.74. The van der Waals surface area contributed by atoms with Gasteiger partial charge < -0.3 is 95.6 Å². The van der Waals surface area contributed by atoms with E-state index in [1.807, 2.05) is 0 Å². The minimum absolute atomic E-state index is 0.209. The van der Waals surface area contributed by atoms with Gasteiger partial charge >= 0.3 is 5.97 Å². The lowest BCUT2D eigenvalue weighted by Gasteiger charge is -2.46. The average molecular weight is 1070 g/mol. The van der Waals surface area contributed by atoms with E-state index in [0.29, 0.717) is 12.8 Å². The highest BCUT2D eigenvalue weighted by Gasteiger charge is 2.53. The first-order valence-electron chi connectivity index (χ1n) is 28.4. The largest absolute Gasteiger partial charge is 0.479 e. The molecule has 0 aromatic carbocycles. The Kier molecular flexibility index (Phi) is 34.1. The third-order valence-corrected chi connectivity index (χ3v) is 14.8. The fraction of sp³-hybridized carbons (Fsp3) is 0.962. The van der Waals surface area contributed by atoms with Gasteiger partial charge in [-0.05, 0) is 12.8 Å². The number of carboxylic acid groups (broad SMARTS) is 1. The van der Waals surface area contributed by atoms with Crippen LogP contribution in [0.15, 0.2) is 0 Å². The van der Waals surface area contributed by atoms with Gasteiger partial charge in [-0.3, -0.25) is 4.79 Å². The van der Waals surface area contributed by atoms with Crippen LogP contribution in [-0.4, -0.2) is 198 Å².